The molecule has 0 unspecified atom stereocenters. The molecule has 0 bridgehead atoms. The highest BCUT2D eigenvalue weighted by molar-refractivity contribution is 6.35. The number of hydrogen-bond donors (Lipinski definition) is 2. The summed E-state index contributed by atoms with van der Waals surface area (Å²) in [4.78, 5) is 18.3. The second-order valence-corrected chi connectivity index (χ2v) is 4.72. The molecule has 0 saturated heterocycles. The van der Waals surface area contributed by atoms with Crippen molar-refractivity contribution in [2.45, 2.75) is 6.29 Å². The van der Waals surface area contributed by atoms with Crippen LogP contribution < -0.4 is 15.2 Å². The first-order valence-electron chi connectivity index (χ1n) is 5.84. The standard InChI is InChI=1S/C12H5ClF3N3O4/c13-7-8(11(20)21)18-10(19-9(7)17)3-1-5-6(2-4(3)14)23-12(15,16)22-5/h1-2H,(H,20,21)(H2,17,18,19). The number of rotatable bonds is 2. The lowest BCUT2D eigenvalue weighted by Gasteiger charge is -2.07. The summed E-state index contributed by atoms with van der Waals surface area (Å²) in [6, 6.07) is 1.49. The van der Waals surface area contributed by atoms with E-state index in [1.54, 1.807) is 0 Å². The number of nitrogen functional groups attached to an aromatic ring is 1. The van der Waals surface area contributed by atoms with Gasteiger partial charge in [0.05, 0.1) is 5.56 Å². The van der Waals surface area contributed by atoms with Crippen LogP contribution in [0.3, 0.4) is 0 Å². The van der Waals surface area contributed by atoms with Crippen molar-refractivity contribution in [3.05, 3.63) is 28.7 Å². The summed E-state index contributed by atoms with van der Waals surface area (Å²) in [5.74, 6) is -4.39. The summed E-state index contributed by atoms with van der Waals surface area (Å²) in [5, 5.41) is 8.56. The van der Waals surface area contributed by atoms with Crippen LogP contribution in [0.4, 0.5) is 19.0 Å². The number of anilines is 1. The van der Waals surface area contributed by atoms with E-state index in [2.05, 4.69) is 19.4 Å². The van der Waals surface area contributed by atoms with Gasteiger partial charge in [0, 0.05) is 6.07 Å². The van der Waals surface area contributed by atoms with Crippen LogP contribution in [0, 0.1) is 5.82 Å². The summed E-state index contributed by atoms with van der Waals surface area (Å²) < 4.78 is 48.3. The highest BCUT2D eigenvalue weighted by Gasteiger charge is 2.44. The first-order chi connectivity index (χ1) is 10.7. The molecule has 0 aliphatic carbocycles. The van der Waals surface area contributed by atoms with Gasteiger partial charge in [0.1, 0.15) is 16.7 Å². The lowest BCUT2D eigenvalue weighted by Crippen LogP contribution is -2.25. The molecule has 7 nitrogen and oxygen atoms in total. The summed E-state index contributed by atoms with van der Waals surface area (Å²) in [6.07, 6.45) is -3.93. The van der Waals surface area contributed by atoms with Crippen LogP contribution in [0.1, 0.15) is 10.5 Å². The van der Waals surface area contributed by atoms with Gasteiger partial charge >= 0.3 is 12.3 Å². The van der Waals surface area contributed by atoms with Crippen molar-refractivity contribution in [3.8, 4) is 22.9 Å². The SMILES string of the molecule is Nc1nc(-c2cc3c(cc2F)OC(F)(F)O3)nc(C(=O)O)c1Cl. The molecule has 0 atom stereocenters. The van der Waals surface area contributed by atoms with Crippen LogP contribution in [0.25, 0.3) is 11.4 Å². The highest BCUT2D eigenvalue weighted by atomic mass is 35.5. The van der Waals surface area contributed by atoms with Gasteiger partial charge in [-0.2, -0.15) is 0 Å². The number of halogens is 4. The number of aromatic nitrogens is 2. The number of carboxylic acids is 1. The van der Waals surface area contributed by atoms with Crippen molar-refractivity contribution in [1.29, 1.82) is 0 Å². The highest BCUT2D eigenvalue weighted by Crippen LogP contribution is 2.44. The monoisotopic (exact) mass is 347 g/mol. The van der Waals surface area contributed by atoms with Gasteiger partial charge in [0.15, 0.2) is 23.0 Å². The van der Waals surface area contributed by atoms with Gasteiger partial charge < -0.3 is 20.3 Å². The van der Waals surface area contributed by atoms with Crippen LogP contribution in [0.2, 0.25) is 5.02 Å². The van der Waals surface area contributed by atoms with Crippen LogP contribution >= 0.6 is 11.6 Å². The molecule has 11 heteroatoms. The molecule has 23 heavy (non-hydrogen) atoms. The van der Waals surface area contributed by atoms with Gasteiger partial charge in [-0.3, -0.25) is 0 Å². The summed E-state index contributed by atoms with van der Waals surface area (Å²) in [5.41, 5.74) is 4.40. The molecule has 3 N–H and O–H groups in total. The number of carbonyl (C=O) groups is 1. The first-order valence-corrected chi connectivity index (χ1v) is 6.22. The Labute approximate surface area is 130 Å². The van der Waals surface area contributed by atoms with E-state index in [1.165, 1.54) is 0 Å². The predicted molar refractivity (Wildman–Crippen MR) is 70.0 cm³/mol. The van der Waals surface area contributed by atoms with Crippen molar-refractivity contribution in [3.63, 3.8) is 0 Å². The van der Waals surface area contributed by atoms with Crippen molar-refractivity contribution in [2.24, 2.45) is 0 Å². The Kier molecular flexibility index (Phi) is 3.22. The topological polar surface area (TPSA) is 108 Å². The number of aromatic carboxylic acids is 1. The van der Waals surface area contributed by atoms with E-state index >= 15 is 0 Å². The Morgan fingerprint density at radius 1 is 1.26 bits per heavy atom. The zero-order chi connectivity index (χ0) is 16.9. The molecule has 0 saturated carbocycles. The first kappa shape index (κ1) is 15.2. The fraction of sp³-hybridized carbons (Fsp3) is 0.0833. The maximum absolute atomic E-state index is 14.1. The maximum atomic E-state index is 14.1. The lowest BCUT2D eigenvalue weighted by atomic mass is 10.1. The molecule has 2 heterocycles. The van der Waals surface area contributed by atoms with Crippen molar-refractivity contribution in [2.75, 3.05) is 5.73 Å². The van der Waals surface area contributed by atoms with Gasteiger partial charge in [-0.25, -0.2) is 19.2 Å². The average molecular weight is 348 g/mol. The molecule has 1 aromatic carbocycles. The number of ether oxygens (including phenoxy) is 2. The van der Waals surface area contributed by atoms with Crippen molar-refractivity contribution in [1.82, 2.24) is 9.97 Å². The fourth-order valence-electron chi connectivity index (χ4n) is 1.87. The Morgan fingerprint density at radius 3 is 2.48 bits per heavy atom. The van der Waals surface area contributed by atoms with Crippen molar-refractivity contribution < 1.29 is 32.5 Å². The number of hydrogen-bond acceptors (Lipinski definition) is 6. The minimum Gasteiger partial charge on any atom is -0.476 e. The minimum atomic E-state index is -3.93. The molecule has 1 aliphatic rings. The molecule has 0 radical (unpaired) electrons. The van der Waals surface area contributed by atoms with Crippen LogP contribution in [0.15, 0.2) is 12.1 Å². The van der Waals surface area contributed by atoms with Crippen LogP contribution in [-0.2, 0) is 0 Å². The molecule has 1 aromatic heterocycles. The van der Waals surface area contributed by atoms with Gasteiger partial charge in [0.2, 0.25) is 0 Å². The largest absolute Gasteiger partial charge is 0.586 e. The zero-order valence-corrected chi connectivity index (χ0v) is 11.6. The molecule has 1 aliphatic heterocycles. The quantitative estimate of drug-likeness (QED) is 0.859. The summed E-state index contributed by atoms with van der Waals surface area (Å²) in [6.45, 7) is 0. The number of fused-ring (bicyclic) bond motifs is 1. The Bertz CT molecular complexity index is 847. The van der Waals surface area contributed by atoms with Gasteiger partial charge in [-0.1, -0.05) is 11.6 Å². The third-order valence-corrected chi connectivity index (χ3v) is 3.18. The minimum absolute atomic E-state index is 0.406. The number of nitrogens with zero attached hydrogens (tertiary/aromatic N) is 2. The Hall–Kier alpha value is -2.75. The fourth-order valence-corrected chi connectivity index (χ4v) is 2.03. The molecule has 0 spiro atoms. The lowest BCUT2D eigenvalue weighted by molar-refractivity contribution is -0.286. The number of nitrogens with two attached hydrogens (primary N) is 1. The van der Waals surface area contributed by atoms with Crippen molar-refractivity contribution >= 4 is 23.4 Å². The molecular weight excluding hydrogens is 343 g/mol. The third-order valence-electron chi connectivity index (χ3n) is 2.81. The zero-order valence-electron chi connectivity index (χ0n) is 10.8. The van der Waals surface area contributed by atoms with E-state index in [4.69, 9.17) is 22.4 Å². The average Bonchev–Trinajstić information content (AvgIpc) is 2.73. The molecular formula is C12H5ClF3N3O4. The van der Waals surface area contributed by atoms with E-state index < -0.39 is 57.5 Å². The van der Waals surface area contributed by atoms with Crippen LogP contribution in [-0.4, -0.2) is 27.3 Å². The van der Waals surface area contributed by atoms with E-state index in [0.717, 1.165) is 6.07 Å². The molecule has 3 rings (SSSR count). The Morgan fingerprint density at radius 2 is 1.87 bits per heavy atom. The van der Waals surface area contributed by atoms with E-state index in [0.29, 0.717) is 6.07 Å². The van der Waals surface area contributed by atoms with Gasteiger partial charge in [0.25, 0.3) is 0 Å². The van der Waals surface area contributed by atoms with E-state index in [9.17, 15) is 18.0 Å². The smallest absolute Gasteiger partial charge is 0.476 e. The molecule has 2 aromatic rings. The summed E-state index contributed by atoms with van der Waals surface area (Å²) in [7, 11) is 0. The second kappa shape index (κ2) is 4.88. The number of benzene rings is 1. The molecule has 120 valence electrons. The molecule has 0 fully saturated rings. The normalized spacial score (nSPS) is 14.8. The third kappa shape index (κ3) is 2.57. The van der Waals surface area contributed by atoms with Crippen LogP contribution in [0.5, 0.6) is 11.5 Å². The predicted octanol–water partition coefficient (Wildman–Crippen LogP) is 2.54. The Balaban J connectivity index is 2.16. The number of carboxylic acid groups (broad SMARTS) is 1. The molecule has 0 amide bonds. The van der Waals surface area contributed by atoms with E-state index in [1.807, 2.05) is 0 Å². The maximum Gasteiger partial charge on any atom is 0.586 e. The second-order valence-electron chi connectivity index (χ2n) is 4.35. The van der Waals surface area contributed by atoms with E-state index in [-0.39, 0.29) is 0 Å². The summed E-state index contributed by atoms with van der Waals surface area (Å²) >= 11 is 5.65. The van der Waals surface area contributed by atoms with Gasteiger partial charge in [-0.15, -0.1) is 8.78 Å². The number of alkyl halides is 2. The van der Waals surface area contributed by atoms with Gasteiger partial charge in [-0.05, 0) is 6.07 Å².